The predicted molar refractivity (Wildman–Crippen MR) is 242 cm³/mol. The number of amides is 1. The lowest BCUT2D eigenvalue weighted by Gasteiger charge is -2.31. The molecular formula is C43H58N12O10S. The first-order valence-corrected chi connectivity index (χ1v) is 23.4. The number of aliphatic hydroxyl groups is 1. The van der Waals surface area contributed by atoms with E-state index >= 15 is 0 Å². The number of aryl methyl sites for hydroxylation is 2. The molecule has 22 nitrogen and oxygen atoms in total. The number of carbonyl (C=O) groups is 1. The van der Waals surface area contributed by atoms with Crippen LogP contribution in [-0.4, -0.2) is 130 Å². The Morgan fingerprint density at radius 2 is 1.41 bits per heavy atom. The maximum Gasteiger partial charge on any atom is 0.410 e. The molecule has 2 aliphatic rings. The summed E-state index contributed by atoms with van der Waals surface area (Å²) in [7, 11) is -0.359. The summed E-state index contributed by atoms with van der Waals surface area (Å²) in [6.07, 6.45) is 7.73. The Labute approximate surface area is 383 Å². The largest absolute Gasteiger partial charge is 0.489 e. The summed E-state index contributed by atoms with van der Waals surface area (Å²) in [5.74, 6) is 3.13. The highest BCUT2D eigenvalue weighted by Crippen LogP contribution is 2.37. The van der Waals surface area contributed by atoms with E-state index in [2.05, 4.69) is 55.6 Å². The molecule has 5 aromatic rings. The second-order valence-electron chi connectivity index (χ2n) is 16.2. The van der Waals surface area contributed by atoms with Crippen LogP contribution in [0.25, 0.3) is 0 Å². The number of anilines is 5. The Morgan fingerprint density at radius 1 is 0.833 bits per heavy atom. The van der Waals surface area contributed by atoms with Crippen LogP contribution in [0.3, 0.4) is 0 Å². The third-order valence-electron chi connectivity index (χ3n) is 10.5. The number of nitrogens with one attached hydrogen (secondary N) is 2. The topological polar surface area (TPSA) is 264 Å². The van der Waals surface area contributed by atoms with Gasteiger partial charge in [-0.05, 0) is 51.5 Å². The molecule has 0 aromatic carbocycles. The lowest BCUT2D eigenvalue weighted by molar-refractivity contribution is 0.0500. The molecular weight excluding hydrogens is 877 g/mol. The van der Waals surface area contributed by atoms with Crippen molar-refractivity contribution in [3.8, 4) is 23.3 Å². The van der Waals surface area contributed by atoms with Gasteiger partial charge in [0.15, 0.2) is 32.3 Å². The molecule has 7 rings (SSSR count). The number of aromatic nitrogens is 8. The number of sulfone groups is 1. The van der Waals surface area contributed by atoms with Crippen LogP contribution in [0.1, 0.15) is 82.1 Å². The zero-order chi connectivity index (χ0) is 47.5. The van der Waals surface area contributed by atoms with E-state index in [0.717, 1.165) is 30.3 Å². The zero-order valence-electron chi connectivity index (χ0n) is 38.6. The van der Waals surface area contributed by atoms with E-state index in [0.29, 0.717) is 103 Å². The average molecular weight is 935 g/mol. The first-order chi connectivity index (χ1) is 31.6. The number of aliphatic hydroxyl groups excluding tert-OH is 1. The minimum Gasteiger partial charge on any atom is -0.489 e. The number of hydrogen-bond donors (Lipinski definition) is 3. The van der Waals surface area contributed by atoms with Gasteiger partial charge in [-0.2, -0.15) is 15.0 Å². The average Bonchev–Trinajstić information content (AvgIpc) is 3.79. The highest BCUT2D eigenvalue weighted by atomic mass is 32.2. The van der Waals surface area contributed by atoms with E-state index in [1.54, 1.807) is 30.2 Å². The van der Waals surface area contributed by atoms with Crippen LogP contribution in [0.5, 0.6) is 23.3 Å². The molecule has 0 bridgehead atoms. The number of ether oxygens (including phenoxy) is 5. The van der Waals surface area contributed by atoms with E-state index in [1.807, 2.05) is 34.6 Å². The van der Waals surface area contributed by atoms with Crippen LogP contribution in [-0.2, 0) is 21.2 Å². The lowest BCUT2D eigenvalue weighted by atomic mass is 10.1. The highest BCUT2D eigenvalue weighted by molar-refractivity contribution is 7.90. The number of hydrogen-bond acceptors (Lipinski definition) is 21. The minimum atomic E-state index is -3.40. The smallest absolute Gasteiger partial charge is 0.410 e. The maximum absolute atomic E-state index is 12.1. The van der Waals surface area contributed by atoms with Crippen LogP contribution in [0, 0.1) is 13.8 Å². The molecule has 5 aromatic heterocycles. The molecule has 0 spiro atoms. The van der Waals surface area contributed by atoms with Gasteiger partial charge in [0.1, 0.15) is 24.9 Å². The van der Waals surface area contributed by atoms with Gasteiger partial charge in [0, 0.05) is 64.0 Å². The first-order valence-electron chi connectivity index (χ1n) is 21.5. The number of carbonyl (C=O) groups excluding carboxylic acids is 1. The summed E-state index contributed by atoms with van der Waals surface area (Å²) in [6, 6.07) is 5.41. The fraction of sp³-hybridized carbons (Fsp3) is 0.512. The maximum atomic E-state index is 12.1. The number of methoxy groups -OCH3 is 2. The highest BCUT2D eigenvalue weighted by Gasteiger charge is 2.29. The van der Waals surface area contributed by atoms with Crippen molar-refractivity contribution in [1.82, 2.24) is 44.9 Å². The number of likely N-dealkylation sites (tertiary alicyclic amines) is 1. The molecule has 0 atom stereocenters. The summed E-state index contributed by atoms with van der Waals surface area (Å²) < 4.78 is 57.5. The number of nitrogens with zero attached hydrogens (tertiary/aromatic N) is 10. The van der Waals surface area contributed by atoms with E-state index in [-0.39, 0.29) is 42.0 Å². The number of rotatable bonds is 15. The van der Waals surface area contributed by atoms with Crippen LogP contribution in [0.15, 0.2) is 46.6 Å². The molecule has 23 heteroatoms. The molecule has 356 valence electrons. The Bertz CT molecular complexity index is 2530. The van der Waals surface area contributed by atoms with Gasteiger partial charge in [0.05, 0.1) is 55.9 Å². The second kappa shape index (κ2) is 22.0. The van der Waals surface area contributed by atoms with Crippen molar-refractivity contribution in [3.05, 3.63) is 59.8 Å². The van der Waals surface area contributed by atoms with Crippen LogP contribution in [0.2, 0.25) is 0 Å². The summed E-state index contributed by atoms with van der Waals surface area (Å²) >= 11 is 0. The molecule has 7 heterocycles. The third kappa shape index (κ3) is 12.6. The monoisotopic (exact) mass is 934 g/mol. The van der Waals surface area contributed by atoms with Gasteiger partial charge < -0.3 is 53.7 Å². The summed E-state index contributed by atoms with van der Waals surface area (Å²) in [4.78, 5) is 45.7. The Kier molecular flexibility index (Phi) is 16.3. The van der Waals surface area contributed by atoms with Gasteiger partial charge in [0.25, 0.3) is 11.8 Å². The normalized spacial score (nSPS) is 14.7. The van der Waals surface area contributed by atoms with Crippen molar-refractivity contribution in [3.63, 3.8) is 0 Å². The third-order valence-corrected chi connectivity index (χ3v) is 11.5. The summed E-state index contributed by atoms with van der Waals surface area (Å²) in [6.45, 7) is 13.7. The zero-order valence-corrected chi connectivity index (χ0v) is 39.5. The Balaban J connectivity index is 0.000000220. The molecule has 1 amide bonds. The quantitative estimate of drug-likeness (QED) is 0.114. The van der Waals surface area contributed by atoms with Crippen molar-refractivity contribution in [2.75, 3.05) is 62.2 Å². The van der Waals surface area contributed by atoms with Gasteiger partial charge in [0.2, 0.25) is 11.5 Å². The molecule has 0 radical (unpaired) electrons. The molecule has 2 saturated heterocycles. The van der Waals surface area contributed by atoms with Gasteiger partial charge in [-0.1, -0.05) is 19.0 Å². The van der Waals surface area contributed by atoms with Crippen LogP contribution in [0.4, 0.5) is 33.8 Å². The van der Waals surface area contributed by atoms with Crippen LogP contribution >= 0.6 is 0 Å². The number of pyridine rings is 2. The van der Waals surface area contributed by atoms with Gasteiger partial charge in [-0.3, -0.25) is 4.98 Å². The molecule has 0 unspecified atom stereocenters. The summed E-state index contributed by atoms with van der Waals surface area (Å²) in [5.41, 5.74) is 3.32. The van der Waals surface area contributed by atoms with E-state index in [4.69, 9.17) is 28.2 Å². The fourth-order valence-electron chi connectivity index (χ4n) is 6.89. The van der Waals surface area contributed by atoms with E-state index in [9.17, 15) is 18.3 Å². The summed E-state index contributed by atoms with van der Waals surface area (Å²) in [5, 5.41) is 19.6. The lowest BCUT2D eigenvalue weighted by Crippen LogP contribution is -2.42. The van der Waals surface area contributed by atoms with Gasteiger partial charge >= 0.3 is 12.1 Å². The number of piperidine rings is 2. The minimum absolute atomic E-state index is 0.00604. The predicted octanol–water partition coefficient (Wildman–Crippen LogP) is 5.70. The van der Waals surface area contributed by atoms with Crippen molar-refractivity contribution in [2.45, 2.75) is 103 Å². The SMILES string of the molecule is COc1c(Nc2ccc(S(C)(=O)=O)nc2C)ncnc1OC1CCN(c2nc(C(C)C)no2)CC1.COc1c(Nc2cnc(CO)cc2C)ncnc1OC1CCN(C(=O)OC(C)C)CC1. The Morgan fingerprint density at radius 3 is 1.89 bits per heavy atom. The first kappa shape index (κ1) is 48.8. The molecule has 0 saturated carbocycles. The van der Waals surface area contributed by atoms with Crippen molar-refractivity contribution in [2.24, 2.45) is 0 Å². The van der Waals surface area contributed by atoms with E-state index < -0.39 is 9.84 Å². The van der Waals surface area contributed by atoms with Crippen molar-refractivity contribution < 1.29 is 46.5 Å². The van der Waals surface area contributed by atoms with Gasteiger partial charge in [-0.25, -0.2) is 28.2 Å². The van der Waals surface area contributed by atoms with Gasteiger partial charge in [-0.15, -0.1) is 0 Å². The molecule has 3 N–H and O–H groups in total. The molecule has 66 heavy (non-hydrogen) atoms. The molecule has 0 aliphatic carbocycles. The van der Waals surface area contributed by atoms with Crippen molar-refractivity contribution >= 4 is 45.0 Å². The second-order valence-corrected chi connectivity index (χ2v) is 18.2. The molecule has 2 aliphatic heterocycles. The standard InChI is InChI=1S/C22H29N7O5S.C21H29N5O5/c1-13(2)19-27-22(34-28-19)29-10-8-15(9-11-29)33-21-18(32-4)20(23-12-24-21)26-16-6-7-17(25-14(16)3)35(5,30)31;1-13(2)30-21(28)26-7-5-16(6-8-26)31-20-18(29-4)19(23-12-24-20)25-17-10-22-15(11-27)9-14(17)3/h6-7,12-13,15H,8-11H2,1-5H3,(H,23,24,26);9-10,12-13,16,27H,5-8,11H2,1-4H3,(H,23,24,25). The van der Waals surface area contributed by atoms with Crippen molar-refractivity contribution in [1.29, 1.82) is 0 Å². The Hall–Kier alpha value is -6.62. The molecule has 2 fully saturated rings. The van der Waals surface area contributed by atoms with Crippen LogP contribution < -0.4 is 34.5 Å². The fourth-order valence-corrected chi connectivity index (χ4v) is 7.51. The van der Waals surface area contributed by atoms with E-state index in [1.165, 1.54) is 32.9 Å².